The quantitative estimate of drug-likeness (QED) is 0.652. The van der Waals surface area contributed by atoms with Crippen molar-refractivity contribution in [2.45, 2.75) is 13.5 Å². The van der Waals surface area contributed by atoms with Gasteiger partial charge in [0.2, 0.25) is 0 Å². The molecule has 27 heavy (non-hydrogen) atoms. The molecule has 0 atom stereocenters. The van der Waals surface area contributed by atoms with E-state index < -0.39 is 0 Å². The van der Waals surface area contributed by atoms with E-state index in [-0.39, 0.29) is 5.56 Å². The van der Waals surface area contributed by atoms with Gasteiger partial charge in [0, 0.05) is 45.8 Å². The van der Waals surface area contributed by atoms with E-state index in [9.17, 15) is 4.79 Å². The third-order valence-electron chi connectivity index (χ3n) is 5.27. The third kappa shape index (κ3) is 3.70. The van der Waals surface area contributed by atoms with Gasteiger partial charge < -0.3 is 9.47 Å². The Bertz CT molecular complexity index is 1020. The average molecular weight is 383 g/mol. The predicted octanol–water partition coefficient (Wildman–Crippen LogP) is 3.22. The van der Waals surface area contributed by atoms with Crippen LogP contribution in [0.3, 0.4) is 0 Å². The Hall–Kier alpha value is -2.37. The van der Waals surface area contributed by atoms with Crippen LogP contribution in [0, 0.1) is 6.92 Å². The molecule has 3 aromatic rings. The minimum atomic E-state index is -0.0243. The molecule has 0 radical (unpaired) electrons. The highest BCUT2D eigenvalue weighted by atomic mass is 35.5. The van der Waals surface area contributed by atoms with E-state index in [1.807, 2.05) is 6.07 Å². The van der Waals surface area contributed by atoms with Gasteiger partial charge in [0.15, 0.2) is 0 Å². The Morgan fingerprint density at radius 3 is 2.44 bits per heavy atom. The van der Waals surface area contributed by atoms with Gasteiger partial charge in [0.25, 0.3) is 5.56 Å². The number of rotatable bonds is 3. The van der Waals surface area contributed by atoms with E-state index in [2.05, 4.69) is 46.0 Å². The van der Waals surface area contributed by atoms with Crippen LogP contribution in [0.25, 0.3) is 11.0 Å². The monoisotopic (exact) mass is 382 g/mol. The van der Waals surface area contributed by atoms with Crippen LogP contribution in [0.15, 0.2) is 47.3 Å². The van der Waals surface area contributed by atoms with Crippen molar-refractivity contribution < 1.29 is 0 Å². The SMILES string of the molecule is Cc1ccc(CN2CCN(c3cc(=O)n(C)c4ccc(Cl)nc34)CC2)cc1. The van der Waals surface area contributed by atoms with Crippen molar-refractivity contribution in [2.24, 2.45) is 7.05 Å². The number of aryl methyl sites for hydroxylation is 2. The number of pyridine rings is 2. The summed E-state index contributed by atoms with van der Waals surface area (Å²) in [6.07, 6.45) is 0. The van der Waals surface area contributed by atoms with Crippen LogP contribution in [-0.4, -0.2) is 40.6 Å². The van der Waals surface area contributed by atoms with Crippen molar-refractivity contribution in [2.75, 3.05) is 31.1 Å². The molecule has 1 saturated heterocycles. The summed E-state index contributed by atoms with van der Waals surface area (Å²) in [6.45, 7) is 6.69. The van der Waals surface area contributed by atoms with E-state index in [1.165, 1.54) is 11.1 Å². The summed E-state index contributed by atoms with van der Waals surface area (Å²) in [5.74, 6) is 0. The fraction of sp³-hybridized carbons (Fsp3) is 0.333. The standard InChI is InChI=1S/C21H23ClN4O/c1-15-3-5-16(6-4-15)14-25-9-11-26(12-10-25)18-13-20(27)24(2)17-7-8-19(22)23-21(17)18/h3-8,13H,9-12,14H2,1-2H3. The van der Waals surface area contributed by atoms with Gasteiger partial charge >= 0.3 is 0 Å². The zero-order valence-corrected chi connectivity index (χ0v) is 16.4. The Labute approximate surface area is 163 Å². The number of hydrogen-bond acceptors (Lipinski definition) is 4. The summed E-state index contributed by atoms with van der Waals surface area (Å²) in [5.41, 5.74) is 5.07. The third-order valence-corrected chi connectivity index (χ3v) is 5.48. The number of nitrogens with zero attached hydrogens (tertiary/aromatic N) is 4. The van der Waals surface area contributed by atoms with Gasteiger partial charge in [-0.05, 0) is 24.6 Å². The molecule has 0 bridgehead atoms. The molecule has 1 aliphatic heterocycles. The van der Waals surface area contributed by atoms with Gasteiger partial charge in [0.05, 0.1) is 11.2 Å². The first-order valence-electron chi connectivity index (χ1n) is 9.20. The van der Waals surface area contributed by atoms with Crippen LogP contribution in [0.1, 0.15) is 11.1 Å². The highest BCUT2D eigenvalue weighted by molar-refractivity contribution is 6.29. The predicted molar refractivity (Wildman–Crippen MR) is 111 cm³/mol. The number of benzene rings is 1. The second-order valence-corrected chi connectivity index (χ2v) is 7.56. The van der Waals surface area contributed by atoms with Crippen molar-refractivity contribution in [1.29, 1.82) is 0 Å². The van der Waals surface area contributed by atoms with E-state index in [0.717, 1.165) is 49.4 Å². The van der Waals surface area contributed by atoms with Gasteiger partial charge in [-0.3, -0.25) is 9.69 Å². The smallest absolute Gasteiger partial charge is 0.252 e. The van der Waals surface area contributed by atoms with E-state index >= 15 is 0 Å². The summed E-state index contributed by atoms with van der Waals surface area (Å²) < 4.78 is 1.62. The van der Waals surface area contributed by atoms with Crippen LogP contribution >= 0.6 is 11.6 Å². The fourth-order valence-corrected chi connectivity index (χ4v) is 3.78. The zero-order valence-electron chi connectivity index (χ0n) is 15.7. The fourth-order valence-electron chi connectivity index (χ4n) is 3.63. The largest absolute Gasteiger partial charge is 0.367 e. The van der Waals surface area contributed by atoms with Crippen LogP contribution in [0.5, 0.6) is 0 Å². The molecule has 6 heteroatoms. The number of halogens is 1. The first-order chi connectivity index (χ1) is 13.0. The molecule has 0 amide bonds. The Morgan fingerprint density at radius 2 is 1.74 bits per heavy atom. The van der Waals surface area contributed by atoms with E-state index in [1.54, 1.807) is 23.7 Å². The van der Waals surface area contributed by atoms with Crippen molar-refractivity contribution in [3.05, 3.63) is 69.1 Å². The number of anilines is 1. The Kier molecular flexibility index (Phi) is 4.89. The van der Waals surface area contributed by atoms with Gasteiger partial charge in [-0.25, -0.2) is 4.98 Å². The molecule has 4 rings (SSSR count). The molecule has 0 saturated carbocycles. The maximum atomic E-state index is 12.4. The topological polar surface area (TPSA) is 41.4 Å². The van der Waals surface area contributed by atoms with Gasteiger partial charge in [-0.2, -0.15) is 0 Å². The van der Waals surface area contributed by atoms with Crippen molar-refractivity contribution >= 4 is 28.3 Å². The molecular formula is C21H23ClN4O. The lowest BCUT2D eigenvalue weighted by atomic mass is 10.1. The first kappa shape index (κ1) is 18.0. The Morgan fingerprint density at radius 1 is 1.04 bits per heavy atom. The van der Waals surface area contributed by atoms with Crippen molar-refractivity contribution in [1.82, 2.24) is 14.5 Å². The summed E-state index contributed by atoms with van der Waals surface area (Å²) >= 11 is 6.12. The molecule has 0 aliphatic carbocycles. The molecule has 5 nitrogen and oxygen atoms in total. The number of piperazine rings is 1. The summed E-state index contributed by atoms with van der Waals surface area (Å²) in [6, 6.07) is 14.0. The van der Waals surface area contributed by atoms with Gasteiger partial charge in [0.1, 0.15) is 10.7 Å². The summed E-state index contributed by atoms with van der Waals surface area (Å²) in [4.78, 5) is 21.6. The molecule has 1 fully saturated rings. The lowest BCUT2D eigenvalue weighted by Crippen LogP contribution is -2.46. The molecule has 0 spiro atoms. The van der Waals surface area contributed by atoms with Crippen molar-refractivity contribution in [3.8, 4) is 0 Å². The molecule has 1 aromatic carbocycles. The number of aromatic nitrogens is 2. The molecule has 1 aliphatic rings. The van der Waals surface area contributed by atoms with Crippen molar-refractivity contribution in [3.63, 3.8) is 0 Å². The highest BCUT2D eigenvalue weighted by Crippen LogP contribution is 2.26. The number of hydrogen-bond donors (Lipinski definition) is 0. The first-order valence-corrected chi connectivity index (χ1v) is 9.58. The maximum Gasteiger partial charge on any atom is 0.252 e. The minimum absolute atomic E-state index is 0.0243. The molecule has 2 aromatic heterocycles. The minimum Gasteiger partial charge on any atom is -0.367 e. The average Bonchev–Trinajstić information content (AvgIpc) is 2.67. The second kappa shape index (κ2) is 7.33. The highest BCUT2D eigenvalue weighted by Gasteiger charge is 2.21. The lowest BCUT2D eigenvalue weighted by molar-refractivity contribution is 0.250. The van der Waals surface area contributed by atoms with Crippen LogP contribution in [-0.2, 0) is 13.6 Å². The van der Waals surface area contributed by atoms with Crippen LogP contribution < -0.4 is 10.5 Å². The second-order valence-electron chi connectivity index (χ2n) is 7.18. The van der Waals surface area contributed by atoms with Crippen LogP contribution in [0.4, 0.5) is 5.69 Å². The summed E-state index contributed by atoms with van der Waals surface area (Å²) in [7, 11) is 1.77. The molecule has 0 N–H and O–H groups in total. The maximum absolute atomic E-state index is 12.4. The van der Waals surface area contributed by atoms with Gasteiger partial charge in [-0.15, -0.1) is 0 Å². The number of fused-ring (bicyclic) bond motifs is 1. The van der Waals surface area contributed by atoms with E-state index in [4.69, 9.17) is 11.6 Å². The molecule has 140 valence electrons. The van der Waals surface area contributed by atoms with Gasteiger partial charge in [-0.1, -0.05) is 41.4 Å². The molecular weight excluding hydrogens is 360 g/mol. The normalized spacial score (nSPS) is 15.4. The lowest BCUT2D eigenvalue weighted by Gasteiger charge is -2.36. The molecule has 3 heterocycles. The summed E-state index contributed by atoms with van der Waals surface area (Å²) in [5, 5.41) is 0.445. The van der Waals surface area contributed by atoms with E-state index in [0.29, 0.717) is 5.15 Å². The molecule has 0 unspecified atom stereocenters. The Balaban J connectivity index is 1.54. The van der Waals surface area contributed by atoms with Crippen LogP contribution in [0.2, 0.25) is 5.15 Å². The zero-order chi connectivity index (χ0) is 19.0.